The summed E-state index contributed by atoms with van der Waals surface area (Å²) >= 11 is 8.19. The quantitative estimate of drug-likeness (QED) is 0.833. The lowest BCUT2D eigenvalue weighted by molar-refractivity contribution is 0.102. The van der Waals surface area contributed by atoms with Crippen LogP contribution >= 0.6 is 43.2 Å². The van der Waals surface area contributed by atoms with Crippen LogP contribution in [0.2, 0.25) is 0 Å². The minimum absolute atomic E-state index is 0.141. The first kappa shape index (κ1) is 13.7. The van der Waals surface area contributed by atoms with Gasteiger partial charge in [-0.25, -0.2) is 0 Å². The van der Waals surface area contributed by atoms with Crippen molar-refractivity contribution in [3.63, 3.8) is 0 Å². The van der Waals surface area contributed by atoms with Crippen molar-refractivity contribution < 1.29 is 4.79 Å². The van der Waals surface area contributed by atoms with Crippen LogP contribution in [0.5, 0.6) is 0 Å². The number of carbonyl (C=O) groups is 1. The van der Waals surface area contributed by atoms with Gasteiger partial charge in [0.15, 0.2) is 0 Å². The predicted molar refractivity (Wildman–Crippen MR) is 82.0 cm³/mol. The highest BCUT2D eigenvalue weighted by molar-refractivity contribution is 9.12. The monoisotopic (exact) mass is 388 g/mol. The second-order valence-electron chi connectivity index (χ2n) is 3.60. The maximum Gasteiger partial charge on any atom is 0.257 e. The molecule has 2 rings (SSSR count). The first-order chi connectivity index (χ1) is 8.60. The largest absolute Gasteiger partial charge is 0.326 e. The third kappa shape index (κ3) is 3.20. The van der Waals surface area contributed by atoms with Crippen LogP contribution in [0.3, 0.4) is 0 Å². The normalized spacial score (nSPS) is 10.4. The zero-order valence-corrected chi connectivity index (χ0v) is 13.2. The maximum absolute atomic E-state index is 12.1. The molecule has 0 bridgehead atoms. The molecule has 3 N–H and O–H groups in total. The first-order valence-corrected chi connectivity index (χ1v) is 7.55. The molecule has 94 valence electrons. The Balaban J connectivity index is 2.18. The van der Waals surface area contributed by atoms with E-state index in [1.807, 2.05) is 24.3 Å². The van der Waals surface area contributed by atoms with Crippen molar-refractivity contribution in [2.45, 2.75) is 6.54 Å². The van der Waals surface area contributed by atoms with Crippen LogP contribution in [0.15, 0.2) is 37.9 Å². The van der Waals surface area contributed by atoms with Crippen LogP contribution in [-0.2, 0) is 6.54 Å². The van der Waals surface area contributed by atoms with Gasteiger partial charge in [0.1, 0.15) is 0 Å². The number of benzene rings is 1. The molecule has 0 saturated heterocycles. The van der Waals surface area contributed by atoms with Crippen molar-refractivity contribution in [3.8, 4) is 0 Å². The van der Waals surface area contributed by atoms with Gasteiger partial charge in [-0.15, -0.1) is 11.3 Å². The molecule has 6 heteroatoms. The van der Waals surface area contributed by atoms with Gasteiger partial charge in [-0.3, -0.25) is 4.79 Å². The van der Waals surface area contributed by atoms with Gasteiger partial charge in [-0.1, -0.05) is 12.1 Å². The summed E-state index contributed by atoms with van der Waals surface area (Å²) in [5.41, 5.74) is 7.91. The number of nitrogens with one attached hydrogen (secondary N) is 1. The van der Waals surface area contributed by atoms with Gasteiger partial charge < -0.3 is 11.1 Å². The number of hydrogen-bond acceptors (Lipinski definition) is 3. The zero-order valence-electron chi connectivity index (χ0n) is 9.24. The SMILES string of the molecule is NCc1cccc(NC(=O)c2cc(Br)sc2Br)c1. The second kappa shape index (κ2) is 5.97. The highest BCUT2D eigenvalue weighted by Crippen LogP contribution is 2.32. The Bertz CT molecular complexity index is 583. The molecule has 0 aliphatic rings. The van der Waals surface area contributed by atoms with Crippen molar-refractivity contribution >= 4 is 54.8 Å². The number of carbonyl (C=O) groups excluding carboxylic acids is 1. The van der Waals surface area contributed by atoms with Gasteiger partial charge in [-0.2, -0.15) is 0 Å². The number of amides is 1. The van der Waals surface area contributed by atoms with Crippen LogP contribution in [0, 0.1) is 0 Å². The average molecular weight is 390 g/mol. The minimum atomic E-state index is -0.141. The summed E-state index contributed by atoms with van der Waals surface area (Å²) < 4.78 is 1.72. The second-order valence-corrected chi connectivity index (χ2v) is 7.35. The molecule has 0 radical (unpaired) electrons. The van der Waals surface area contributed by atoms with Crippen LogP contribution < -0.4 is 11.1 Å². The van der Waals surface area contributed by atoms with Gasteiger partial charge in [0.2, 0.25) is 0 Å². The van der Waals surface area contributed by atoms with Gasteiger partial charge in [0.25, 0.3) is 5.91 Å². The maximum atomic E-state index is 12.1. The van der Waals surface area contributed by atoms with E-state index in [0.717, 1.165) is 18.8 Å². The Hall–Kier alpha value is -0.690. The summed E-state index contributed by atoms with van der Waals surface area (Å²) in [5, 5.41) is 2.85. The zero-order chi connectivity index (χ0) is 13.1. The van der Waals surface area contributed by atoms with Gasteiger partial charge in [-0.05, 0) is 55.6 Å². The molecular weight excluding hydrogens is 380 g/mol. The summed E-state index contributed by atoms with van der Waals surface area (Å²) in [5.74, 6) is -0.141. The Morgan fingerprint density at radius 1 is 1.33 bits per heavy atom. The average Bonchev–Trinajstić information content (AvgIpc) is 2.69. The molecule has 18 heavy (non-hydrogen) atoms. The van der Waals surface area contributed by atoms with E-state index in [1.54, 1.807) is 6.07 Å². The third-order valence-corrected chi connectivity index (χ3v) is 4.66. The molecule has 1 amide bonds. The molecule has 0 aliphatic heterocycles. The van der Waals surface area contributed by atoms with Crippen molar-refractivity contribution in [1.29, 1.82) is 0 Å². The topological polar surface area (TPSA) is 55.1 Å². The van der Waals surface area contributed by atoms with E-state index in [0.29, 0.717) is 12.1 Å². The van der Waals surface area contributed by atoms with Crippen LogP contribution in [-0.4, -0.2) is 5.91 Å². The van der Waals surface area contributed by atoms with E-state index < -0.39 is 0 Å². The molecule has 0 unspecified atom stereocenters. The van der Waals surface area contributed by atoms with E-state index in [4.69, 9.17) is 5.73 Å². The van der Waals surface area contributed by atoms with E-state index in [2.05, 4.69) is 37.2 Å². The predicted octanol–water partition coefficient (Wildman–Crippen LogP) is 3.98. The number of anilines is 1. The van der Waals surface area contributed by atoms with Crippen LogP contribution in [0.1, 0.15) is 15.9 Å². The Labute approximate surface area is 126 Å². The fourth-order valence-corrected chi connectivity index (χ4v) is 4.26. The molecule has 0 atom stereocenters. The highest BCUT2D eigenvalue weighted by Gasteiger charge is 2.13. The smallest absolute Gasteiger partial charge is 0.257 e. The molecule has 3 nitrogen and oxygen atoms in total. The number of nitrogens with two attached hydrogens (primary N) is 1. The summed E-state index contributed by atoms with van der Waals surface area (Å²) in [6.07, 6.45) is 0. The fraction of sp³-hybridized carbons (Fsp3) is 0.0833. The number of rotatable bonds is 3. The molecule has 1 heterocycles. The van der Waals surface area contributed by atoms with Gasteiger partial charge in [0, 0.05) is 12.2 Å². The van der Waals surface area contributed by atoms with Crippen LogP contribution in [0.4, 0.5) is 5.69 Å². The van der Waals surface area contributed by atoms with Crippen molar-refractivity contribution in [3.05, 3.63) is 49.0 Å². The fourth-order valence-electron chi connectivity index (χ4n) is 1.47. The molecule has 1 aromatic carbocycles. The molecular formula is C12H10Br2N2OS. The molecule has 0 spiro atoms. The molecule has 2 aromatic rings. The van der Waals surface area contributed by atoms with E-state index in [9.17, 15) is 4.79 Å². The Kier molecular flexibility index (Phi) is 4.55. The van der Waals surface area contributed by atoms with E-state index >= 15 is 0 Å². The lowest BCUT2D eigenvalue weighted by Crippen LogP contribution is -2.11. The number of halogens is 2. The first-order valence-electron chi connectivity index (χ1n) is 5.15. The van der Waals surface area contributed by atoms with Gasteiger partial charge in [0.05, 0.1) is 13.1 Å². The Morgan fingerprint density at radius 2 is 2.11 bits per heavy atom. The summed E-state index contributed by atoms with van der Waals surface area (Å²) in [4.78, 5) is 12.1. The molecule has 1 aromatic heterocycles. The molecule has 0 fully saturated rings. The summed E-state index contributed by atoms with van der Waals surface area (Å²) in [6, 6.07) is 9.29. The lowest BCUT2D eigenvalue weighted by Gasteiger charge is -2.05. The van der Waals surface area contributed by atoms with Crippen molar-refractivity contribution in [1.82, 2.24) is 0 Å². The van der Waals surface area contributed by atoms with Gasteiger partial charge >= 0.3 is 0 Å². The summed E-state index contributed by atoms with van der Waals surface area (Å²) in [7, 11) is 0. The lowest BCUT2D eigenvalue weighted by atomic mass is 10.2. The molecule has 0 aliphatic carbocycles. The Morgan fingerprint density at radius 3 is 2.72 bits per heavy atom. The number of hydrogen-bond donors (Lipinski definition) is 2. The molecule has 0 saturated carbocycles. The van der Waals surface area contributed by atoms with E-state index in [-0.39, 0.29) is 5.91 Å². The summed E-state index contributed by atoms with van der Waals surface area (Å²) in [6.45, 7) is 0.456. The van der Waals surface area contributed by atoms with Crippen molar-refractivity contribution in [2.24, 2.45) is 5.73 Å². The highest BCUT2D eigenvalue weighted by atomic mass is 79.9. The third-order valence-electron chi connectivity index (χ3n) is 2.32. The van der Waals surface area contributed by atoms with Crippen LogP contribution in [0.25, 0.3) is 0 Å². The standard InChI is InChI=1S/C12H10Br2N2OS/c13-10-5-9(11(14)18-10)12(17)16-8-3-1-2-7(4-8)6-15/h1-5H,6,15H2,(H,16,17). The van der Waals surface area contributed by atoms with E-state index in [1.165, 1.54) is 11.3 Å². The number of thiophene rings is 1. The van der Waals surface area contributed by atoms with Crippen molar-refractivity contribution in [2.75, 3.05) is 5.32 Å². The minimum Gasteiger partial charge on any atom is -0.326 e.